The van der Waals surface area contributed by atoms with E-state index < -0.39 is 6.09 Å². The molecule has 4 rings (SSSR count). The second-order valence-corrected chi connectivity index (χ2v) is 8.49. The first kappa shape index (κ1) is 22.0. The standard InChI is InChI=1S/C26H30N4O2/c1-19-7-5-15-27-24(19)17-30(22-13-11-21(12-14-22)29-26(31)32)18-25-23(10-6-16-28-25)20-8-3-2-4-9-20/h2-10,15-16,21-22,29H,11-14,17-18H2,1H3,(H,31,32). The Morgan fingerprint density at radius 3 is 2.28 bits per heavy atom. The number of pyridine rings is 2. The molecule has 3 aromatic rings. The zero-order valence-electron chi connectivity index (χ0n) is 18.4. The summed E-state index contributed by atoms with van der Waals surface area (Å²) in [6.45, 7) is 3.58. The zero-order chi connectivity index (χ0) is 22.3. The quantitative estimate of drug-likeness (QED) is 0.549. The number of aryl methyl sites for hydroxylation is 1. The zero-order valence-corrected chi connectivity index (χ0v) is 18.4. The molecule has 0 bridgehead atoms. The molecule has 1 amide bonds. The minimum absolute atomic E-state index is 0.0388. The second kappa shape index (κ2) is 10.4. The molecule has 0 aliphatic heterocycles. The number of hydrogen-bond acceptors (Lipinski definition) is 4. The van der Waals surface area contributed by atoms with Crippen LogP contribution in [0.4, 0.5) is 4.79 Å². The summed E-state index contributed by atoms with van der Waals surface area (Å²) < 4.78 is 0. The van der Waals surface area contributed by atoms with Gasteiger partial charge in [0, 0.05) is 43.1 Å². The maximum atomic E-state index is 11.0. The van der Waals surface area contributed by atoms with Crippen LogP contribution in [0, 0.1) is 6.92 Å². The molecular weight excluding hydrogens is 400 g/mol. The highest BCUT2D eigenvalue weighted by Crippen LogP contribution is 2.29. The summed E-state index contributed by atoms with van der Waals surface area (Å²) in [7, 11) is 0. The van der Waals surface area contributed by atoms with E-state index in [-0.39, 0.29) is 6.04 Å². The van der Waals surface area contributed by atoms with Gasteiger partial charge < -0.3 is 10.4 Å². The van der Waals surface area contributed by atoms with Gasteiger partial charge in [0.2, 0.25) is 0 Å². The molecule has 0 unspecified atom stereocenters. The van der Waals surface area contributed by atoms with Crippen LogP contribution in [0.2, 0.25) is 0 Å². The smallest absolute Gasteiger partial charge is 0.404 e. The molecule has 0 saturated heterocycles. The Bertz CT molecular complexity index is 1030. The lowest BCUT2D eigenvalue weighted by atomic mass is 9.89. The van der Waals surface area contributed by atoms with Crippen molar-refractivity contribution in [3.8, 4) is 11.1 Å². The van der Waals surface area contributed by atoms with Gasteiger partial charge in [-0.2, -0.15) is 0 Å². The molecule has 166 valence electrons. The van der Waals surface area contributed by atoms with Gasteiger partial charge in [-0.1, -0.05) is 42.5 Å². The monoisotopic (exact) mass is 430 g/mol. The third-order valence-corrected chi connectivity index (χ3v) is 6.34. The largest absolute Gasteiger partial charge is 0.465 e. The summed E-state index contributed by atoms with van der Waals surface area (Å²) in [5.41, 5.74) is 5.63. The molecule has 2 heterocycles. The fraction of sp³-hybridized carbons (Fsp3) is 0.346. The Balaban J connectivity index is 1.58. The van der Waals surface area contributed by atoms with Crippen LogP contribution in [0.3, 0.4) is 0 Å². The number of benzene rings is 1. The fourth-order valence-electron chi connectivity index (χ4n) is 4.59. The van der Waals surface area contributed by atoms with Crippen LogP contribution in [-0.4, -0.2) is 38.2 Å². The lowest BCUT2D eigenvalue weighted by Crippen LogP contribution is -2.43. The third kappa shape index (κ3) is 5.51. The van der Waals surface area contributed by atoms with Gasteiger partial charge in [0.1, 0.15) is 0 Å². The molecule has 1 fully saturated rings. The Morgan fingerprint density at radius 2 is 1.59 bits per heavy atom. The predicted octanol–water partition coefficient (Wildman–Crippen LogP) is 5.03. The summed E-state index contributed by atoms with van der Waals surface area (Å²) in [5, 5.41) is 11.7. The molecule has 1 aliphatic carbocycles. The van der Waals surface area contributed by atoms with Crippen LogP contribution in [-0.2, 0) is 13.1 Å². The molecule has 1 aromatic carbocycles. The van der Waals surface area contributed by atoms with Gasteiger partial charge in [-0.25, -0.2) is 4.79 Å². The van der Waals surface area contributed by atoms with E-state index in [4.69, 9.17) is 10.1 Å². The average Bonchev–Trinajstić information content (AvgIpc) is 2.81. The number of rotatable bonds is 7. The summed E-state index contributed by atoms with van der Waals surface area (Å²) in [4.78, 5) is 22.9. The maximum Gasteiger partial charge on any atom is 0.404 e. The van der Waals surface area contributed by atoms with Crippen molar-refractivity contribution in [2.45, 2.75) is 57.8 Å². The van der Waals surface area contributed by atoms with E-state index in [9.17, 15) is 4.79 Å². The topological polar surface area (TPSA) is 78.4 Å². The van der Waals surface area contributed by atoms with Gasteiger partial charge in [-0.15, -0.1) is 0 Å². The fourth-order valence-corrected chi connectivity index (χ4v) is 4.59. The van der Waals surface area contributed by atoms with Crippen molar-refractivity contribution >= 4 is 6.09 Å². The minimum Gasteiger partial charge on any atom is -0.465 e. The lowest BCUT2D eigenvalue weighted by molar-refractivity contribution is 0.123. The molecule has 6 heteroatoms. The number of hydrogen-bond donors (Lipinski definition) is 2. The number of nitrogens with zero attached hydrogens (tertiary/aromatic N) is 3. The van der Waals surface area contributed by atoms with Crippen LogP contribution in [0.15, 0.2) is 67.0 Å². The molecule has 2 N–H and O–H groups in total. The summed E-state index contributed by atoms with van der Waals surface area (Å²) in [6, 6.07) is 19.0. The molecule has 32 heavy (non-hydrogen) atoms. The second-order valence-electron chi connectivity index (χ2n) is 8.49. The molecule has 0 radical (unpaired) electrons. The number of carbonyl (C=O) groups is 1. The van der Waals surface area contributed by atoms with E-state index >= 15 is 0 Å². The maximum absolute atomic E-state index is 11.0. The van der Waals surface area contributed by atoms with Crippen LogP contribution >= 0.6 is 0 Å². The molecule has 6 nitrogen and oxygen atoms in total. The highest BCUT2D eigenvalue weighted by atomic mass is 16.4. The van der Waals surface area contributed by atoms with Crippen molar-refractivity contribution in [2.75, 3.05) is 0 Å². The Kier molecular flexibility index (Phi) is 7.12. The van der Waals surface area contributed by atoms with Crippen LogP contribution < -0.4 is 5.32 Å². The molecule has 1 saturated carbocycles. The van der Waals surface area contributed by atoms with E-state index in [0.29, 0.717) is 6.04 Å². The number of aromatic nitrogens is 2. The molecule has 0 atom stereocenters. The highest BCUT2D eigenvalue weighted by Gasteiger charge is 2.28. The lowest BCUT2D eigenvalue weighted by Gasteiger charge is -2.37. The molecular formula is C26H30N4O2. The summed E-state index contributed by atoms with van der Waals surface area (Å²) in [6.07, 6.45) is 6.37. The van der Waals surface area contributed by atoms with Crippen molar-refractivity contribution in [2.24, 2.45) is 0 Å². The molecule has 2 aromatic heterocycles. The van der Waals surface area contributed by atoms with Crippen molar-refractivity contribution in [3.05, 3.63) is 83.9 Å². The molecule has 0 spiro atoms. The third-order valence-electron chi connectivity index (χ3n) is 6.34. The predicted molar refractivity (Wildman–Crippen MR) is 125 cm³/mol. The summed E-state index contributed by atoms with van der Waals surface area (Å²) >= 11 is 0. The Morgan fingerprint density at radius 1 is 0.938 bits per heavy atom. The van der Waals surface area contributed by atoms with Crippen molar-refractivity contribution in [1.82, 2.24) is 20.2 Å². The first-order chi connectivity index (χ1) is 15.6. The van der Waals surface area contributed by atoms with E-state index in [1.54, 1.807) is 0 Å². The van der Waals surface area contributed by atoms with E-state index in [0.717, 1.165) is 55.7 Å². The van der Waals surface area contributed by atoms with Gasteiger partial charge >= 0.3 is 6.09 Å². The molecule has 1 aliphatic rings. The number of carboxylic acid groups (broad SMARTS) is 1. The average molecular weight is 431 g/mol. The van der Waals surface area contributed by atoms with E-state index in [2.05, 4.69) is 58.5 Å². The van der Waals surface area contributed by atoms with Crippen molar-refractivity contribution in [3.63, 3.8) is 0 Å². The van der Waals surface area contributed by atoms with Gasteiger partial charge in [0.05, 0.1) is 11.4 Å². The minimum atomic E-state index is -0.935. The van der Waals surface area contributed by atoms with Crippen molar-refractivity contribution < 1.29 is 9.90 Å². The number of amides is 1. The van der Waals surface area contributed by atoms with Gasteiger partial charge in [-0.05, 0) is 55.9 Å². The van der Waals surface area contributed by atoms with Gasteiger partial charge in [0.15, 0.2) is 0 Å². The van der Waals surface area contributed by atoms with Gasteiger partial charge in [0.25, 0.3) is 0 Å². The first-order valence-corrected chi connectivity index (χ1v) is 11.2. The van der Waals surface area contributed by atoms with Crippen LogP contribution in [0.5, 0.6) is 0 Å². The Hall–Kier alpha value is -3.25. The Labute approximate surface area is 189 Å². The van der Waals surface area contributed by atoms with E-state index in [1.807, 2.05) is 30.6 Å². The highest BCUT2D eigenvalue weighted by molar-refractivity contribution is 5.65. The number of nitrogens with one attached hydrogen (secondary N) is 1. The van der Waals surface area contributed by atoms with Gasteiger partial charge in [-0.3, -0.25) is 14.9 Å². The van der Waals surface area contributed by atoms with E-state index in [1.165, 1.54) is 11.1 Å². The first-order valence-electron chi connectivity index (χ1n) is 11.2. The SMILES string of the molecule is Cc1cccnc1CN(Cc1ncccc1-c1ccccc1)C1CCC(NC(=O)O)CC1. The van der Waals surface area contributed by atoms with Crippen LogP contribution in [0.1, 0.15) is 42.6 Å². The summed E-state index contributed by atoms with van der Waals surface area (Å²) in [5.74, 6) is 0. The van der Waals surface area contributed by atoms with Crippen LogP contribution in [0.25, 0.3) is 11.1 Å². The van der Waals surface area contributed by atoms with Crippen molar-refractivity contribution in [1.29, 1.82) is 0 Å². The normalized spacial score (nSPS) is 18.4.